The topological polar surface area (TPSA) is 84.7 Å². The Balaban J connectivity index is 2.36. The SMILES string of the molecule is C=CCSc1n[nH]c(-c2cccc([N+](=O)[O-])c2C)n1. The lowest BCUT2D eigenvalue weighted by atomic mass is 10.1. The molecular weight excluding hydrogens is 264 g/mol. The number of nitro benzene ring substituents is 1. The van der Waals surface area contributed by atoms with Crippen LogP contribution in [0, 0.1) is 17.0 Å². The fourth-order valence-electron chi connectivity index (χ4n) is 1.64. The number of rotatable bonds is 5. The number of nitrogens with one attached hydrogen (secondary N) is 1. The standard InChI is InChI=1S/C12H12N4O2S/c1-3-7-19-12-13-11(14-15-12)9-5-4-6-10(8(9)2)16(17)18/h3-6H,1,7H2,2H3,(H,13,14,15). The Hall–Kier alpha value is -2.15. The van der Waals surface area contributed by atoms with Gasteiger partial charge in [0.05, 0.1) is 4.92 Å². The van der Waals surface area contributed by atoms with Crippen molar-refractivity contribution in [1.29, 1.82) is 0 Å². The van der Waals surface area contributed by atoms with Gasteiger partial charge in [0.15, 0.2) is 5.82 Å². The Morgan fingerprint density at radius 1 is 1.58 bits per heavy atom. The minimum atomic E-state index is -0.400. The Morgan fingerprint density at radius 3 is 3.05 bits per heavy atom. The summed E-state index contributed by atoms with van der Waals surface area (Å²) in [5.74, 6) is 1.25. The highest BCUT2D eigenvalue weighted by Gasteiger charge is 2.16. The molecule has 19 heavy (non-hydrogen) atoms. The first kappa shape index (κ1) is 13.3. The fraction of sp³-hybridized carbons (Fsp3) is 0.167. The van der Waals surface area contributed by atoms with E-state index in [1.807, 2.05) is 0 Å². The van der Waals surface area contributed by atoms with E-state index in [4.69, 9.17) is 0 Å². The van der Waals surface area contributed by atoms with Gasteiger partial charge in [-0.25, -0.2) is 4.98 Å². The van der Waals surface area contributed by atoms with Gasteiger partial charge in [-0.15, -0.1) is 11.7 Å². The molecule has 0 saturated carbocycles. The number of hydrogen-bond donors (Lipinski definition) is 1. The largest absolute Gasteiger partial charge is 0.273 e. The van der Waals surface area contributed by atoms with Crippen molar-refractivity contribution in [1.82, 2.24) is 15.2 Å². The molecule has 0 unspecified atom stereocenters. The predicted octanol–water partition coefficient (Wildman–Crippen LogP) is 2.97. The lowest BCUT2D eigenvalue weighted by Gasteiger charge is -2.02. The summed E-state index contributed by atoms with van der Waals surface area (Å²) >= 11 is 1.45. The molecular formula is C12H12N4O2S. The van der Waals surface area contributed by atoms with Crippen molar-refractivity contribution < 1.29 is 4.92 Å². The molecule has 0 aliphatic heterocycles. The maximum atomic E-state index is 10.9. The molecule has 0 bridgehead atoms. The number of hydrogen-bond acceptors (Lipinski definition) is 5. The van der Waals surface area contributed by atoms with Gasteiger partial charge >= 0.3 is 0 Å². The van der Waals surface area contributed by atoms with Gasteiger partial charge in [-0.2, -0.15) is 0 Å². The minimum Gasteiger partial charge on any atom is -0.258 e. The molecule has 0 radical (unpaired) electrons. The molecule has 0 spiro atoms. The summed E-state index contributed by atoms with van der Waals surface area (Å²) in [5, 5.41) is 18.3. The number of benzene rings is 1. The summed E-state index contributed by atoms with van der Waals surface area (Å²) in [7, 11) is 0. The second kappa shape index (κ2) is 5.66. The summed E-state index contributed by atoms with van der Waals surface area (Å²) in [6, 6.07) is 4.90. The number of aromatic nitrogens is 3. The number of aromatic amines is 1. The van der Waals surface area contributed by atoms with Crippen LogP contribution in [0.25, 0.3) is 11.4 Å². The van der Waals surface area contributed by atoms with E-state index >= 15 is 0 Å². The highest BCUT2D eigenvalue weighted by atomic mass is 32.2. The molecule has 2 aromatic rings. The van der Waals surface area contributed by atoms with Crippen LogP contribution in [0.1, 0.15) is 5.56 Å². The maximum Gasteiger partial charge on any atom is 0.273 e. The van der Waals surface area contributed by atoms with Crippen LogP contribution >= 0.6 is 11.8 Å². The fourth-order valence-corrected chi connectivity index (χ4v) is 2.18. The summed E-state index contributed by atoms with van der Waals surface area (Å²) in [4.78, 5) is 14.8. The predicted molar refractivity (Wildman–Crippen MR) is 74.1 cm³/mol. The number of H-pyrrole nitrogens is 1. The third kappa shape index (κ3) is 2.82. The summed E-state index contributed by atoms with van der Waals surface area (Å²) in [6.07, 6.45) is 1.76. The van der Waals surface area contributed by atoms with E-state index in [1.165, 1.54) is 17.8 Å². The third-order valence-corrected chi connectivity index (χ3v) is 3.40. The highest BCUT2D eigenvalue weighted by molar-refractivity contribution is 7.99. The first-order valence-electron chi connectivity index (χ1n) is 5.54. The number of nitro groups is 1. The van der Waals surface area contributed by atoms with Gasteiger partial charge in [-0.3, -0.25) is 15.2 Å². The van der Waals surface area contributed by atoms with Crippen molar-refractivity contribution in [3.63, 3.8) is 0 Å². The molecule has 6 nitrogen and oxygen atoms in total. The second-order valence-electron chi connectivity index (χ2n) is 3.77. The van der Waals surface area contributed by atoms with E-state index in [0.29, 0.717) is 27.9 Å². The van der Waals surface area contributed by atoms with Crippen molar-refractivity contribution in [2.24, 2.45) is 0 Å². The van der Waals surface area contributed by atoms with E-state index in [9.17, 15) is 10.1 Å². The van der Waals surface area contributed by atoms with Gasteiger partial charge in [-0.1, -0.05) is 30.0 Å². The van der Waals surface area contributed by atoms with Crippen LogP contribution in [0.2, 0.25) is 0 Å². The lowest BCUT2D eigenvalue weighted by Crippen LogP contribution is -1.94. The molecule has 0 atom stereocenters. The molecule has 1 heterocycles. The van der Waals surface area contributed by atoms with Crippen LogP contribution in [0.4, 0.5) is 5.69 Å². The molecule has 0 fully saturated rings. The van der Waals surface area contributed by atoms with Crippen molar-refractivity contribution in [3.8, 4) is 11.4 Å². The molecule has 2 rings (SSSR count). The van der Waals surface area contributed by atoms with Gasteiger partial charge in [0.2, 0.25) is 5.16 Å². The number of nitrogens with zero attached hydrogens (tertiary/aromatic N) is 3. The van der Waals surface area contributed by atoms with Crippen LogP contribution in [0.5, 0.6) is 0 Å². The van der Waals surface area contributed by atoms with Crippen LogP contribution in [-0.2, 0) is 0 Å². The Morgan fingerprint density at radius 2 is 2.37 bits per heavy atom. The summed E-state index contributed by atoms with van der Waals surface area (Å²) < 4.78 is 0. The molecule has 1 aromatic heterocycles. The summed E-state index contributed by atoms with van der Waals surface area (Å²) in [6.45, 7) is 5.33. The van der Waals surface area contributed by atoms with Crippen LogP contribution in [-0.4, -0.2) is 25.9 Å². The van der Waals surface area contributed by atoms with Crippen LogP contribution in [0.15, 0.2) is 36.0 Å². The Bertz CT molecular complexity index is 624. The van der Waals surface area contributed by atoms with E-state index in [0.717, 1.165) is 0 Å². The monoisotopic (exact) mass is 276 g/mol. The average Bonchev–Trinajstić information content (AvgIpc) is 2.84. The van der Waals surface area contributed by atoms with Crippen LogP contribution in [0.3, 0.4) is 0 Å². The molecule has 0 aliphatic rings. The van der Waals surface area contributed by atoms with Crippen molar-refractivity contribution in [3.05, 3.63) is 46.5 Å². The van der Waals surface area contributed by atoms with Gasteiger partial charge in [0.1, 0.15) is 0 Å². The van der Waals surface area contributed by atoms with Gasteiger partial charge in [0, 0.05) is 22.9 Å². The molecule has 0 amide bonds. The van der Waals surface area contributed by atoms with Gasteiger partial charge in [0.25, 0.3) is 5.69 Å². The van der Waals surface area contributed by atoms with E-state index in [1.54, 1.807) is 25.1 Å². The lowest BCUT2D eigenvalue weighted by molar-refractivity contribution is -0.385. The molecule has 1 N–H and O–H groups in total. The zero-order valence-electron chi connectivity index (χ0n) is 10.3. The van der Waals surface area contributed by atoms with E-state index in [-0.39, 0.29) is 5.69 Å². The average molecular weight is 276 g/mol. The summed E-state index contributed by atoms with van der Waals surface area (Å²) in [5.41, 5.74) is 1.34. The molecule has 0 aliphatic carbocycles. The molecule has 1 aromatic carbocycles. The zero-order valence-corrected chi connectivity index (χ0v) is 11.1. The van der Waals surface area contributed by atoms with Gasteiger partial charge in [-0.05, 0) is 6.92 Å². The molecule has 7 heteroatoms. The van der Waals surface area contributed by atoms with Crippen molar-refractivity contribution >= 4 is 17.4 Å². The first-order valence-corrected chi connectivity index (χ1v) is 6.52. The van der Waals surface area contributed by atoms with Crippen molar-refractivity contribution in [2.45, 2.75) is 12.1 Å². The number of thioether (sulfide) groups is 1. The minimum absolute atomic E-state index is 0.0780. The Labute approximate surface area is 114 Å². The molecule has 0 saturated heterocycles. The van der Waals surface area contributed by atoms with Gasteiger partial charge < -0.3 is 0 Å². The highest BCUT2D eigenvalue weighted by Crippen LogP contribution is 2.28. The van der Waals surface area contributed by atoms with E-state index < -0.39 is 4.92 Å². The Kier molecular flexibility index (Phi) is 3.96. The molecule has 98 valence electrons. The zero-order chi connectivity index (χ0) is 13.8. The second-order valence-corrected chi connectivity index (χ2v) is 4.76. The van der Waals surface area contributed by atoms with E-state index in [2.05, 4.69) is 21.8 Å². The third-order valence-electron chi connectivity index (χ3n) is 2.55. The maximum absolute atomic E-state index is 10.9. The van der Waals surface area contributed by atoms with Crippen LogP contribution < -0.4 is 0 Å². The smallest absolute Gasteiger partial charge is 0.258 e. The quantitative estimate of drug-likeness (QED) is 0.393. The first-order chi connectivity index (χ1) is 9.13. The normalized spacial score (nSPS) is 10.4. The van der Waals surface area contributed by atoms with Crippen molar-refractivity contribution in [2.75, 3.05) is 5.75 Å².